The van der Waals surface area contributed by atoms with Crippen molar-refractivity contribution in [3.8, 4) is 0 Å². The van der Waals surface area contributed by atoms with Crippen LogP contribution in [0.3, 0.4) is 0 Å². The number of ether oxygens (including phenoxy) is 1. The standard InChI is InChI=1S/C22H29NO2/c1-16-13-17(2)22(24)23(14-16)18(3)15-25-21-11-9-20(10-12-21)19-7-5-4-6-8-19/h4-8,13-14,18,20-21H,9-12,15H2,1-3H3/t18-,20?,21?/m0/s1. The third kappa shape index (κ3) is 4.40. The topological polar surface area (TPSA) is 31.2 Å². The zero-order valence-electron chi connectivity index (χ0n) is 15.6. The number of rotatable bonds is 5. The van der Waals surface area contributed by atoms with Gasteiger partial charge >= 0.3 is 0 Å². The van der Waals surface area contributed by atoms with E-state index in [4.69, 9.17) is 4.74 Å². The van der Waals surface area contributed by atoms with Gasteiger partial charge in [-0.1, -0.05) is 30.3 Å². The smallest absolute Gasteiger partial charge is 0.253 e. The molecule has 25 heavy (non-hydrogen) atoms. The minimum Gasteiger partial charge on any atom is -0.376 e. The number of benzene rings is 1. The largest absolute Gasteiger partial charge is 0.376 e. The summed E-state index contributed by atoms with van der Waals surface area (Å²) in [6, 6.07) is 12.8. The predicted octanol–water partition coefficient (Wildman–Crippen LogP) is 4.77. The Hall–Kier alpha value is -1.87. The van der Waals surface area contributed by atoms with Gasteiger partial charge in [-0.3, -0.25) is 4.79 Å². The van der Waals surface area contributed by atoms with Gasteiger partial charge in [-0.05, 0) is 69.6 Å². The quantitative estimate of drug-likeness (QED) is 0.786. The van der Waals surface area contributed by atoms with E-state index >= 15 is 0 Å². The molecule has 3 rings (SSSR count). The van der Waals surface area contributed by atoms with E-state index in [2.05, 4.69) is 37.3 Å². The Morgan fingerprint density at radius 2 is 1.80 bits per heavy atom. The second kappa shape index (κ2) is 8.01. The number of aromatic nitrogens is 1. The lowest BCUT2D eigenvalue weighted by atomic mass is 9.83. The number of hydrogen-bond donors (Lipinski definition) is 0. The van der Waals surface area contributed by atoms with Crippen LogP contribution in [-0.2, 0) is 4.74 Å². The van der Waals surface area contributed by atoms with Crippen LogP contribution in [0.4, 0.5) is 0 Å². The van der Waals surface area contributed by atoms with Crippen molar-refractivity contribution in [1.82, 2.24) is 4.57 Å². The van der Waals surface area contributed by atoms with Gasteiger partial charge in [0, 0.05) is 11.8 Å². The summed E-state index contributed by atoms with van der Waals surface area (Å²) in [4.78, 5) is 12.3. The fourth-order valence-corrected chi connectivity index (χ4v) is 3.89. The highest BCUT2D eigenvalue weighted by Gasteiger charge is 2.23. The molecule has 0 aliphatic heterocycles. The first kappa shape index (κ1) is 17.9. The summed E-state index contributed by atoms with van der Waals surface area (Å²) in [5.41, 5.74) is 3.47. The first-order chi connectivity index (χ1) is 12.0. The fourth-order valence-electron chi connectivity index (χ4n) is 3.89. The van der Waals surface area contributed by atoms with Gasteiger partial charge in [-0.25, -0.2) is 0 Å². The van der Waals surface area contributed by atoms with Crippen molar-refractivity contribution in [2.45, 2.75) is 64.5 Å². The molecule has 0 N–H and O–H groups in total. The molecule has 1 saturated carbocycles. The van der Waals surface area contributed by atoms with Crippen molar-refractivity contribution in [2.24, 2.45) is 0 Å². The molecule has 1 aliphatic rings. The lowest BCUT2D eigenvalue weighted by Gasteiger charge is -2.30. The Morgan fingerprint density at radius 3 is 2.48 bits per heavy atom. The second-order valence-electron chi connectivity index (χ2n) is 7.48. The molecule has 0 amide bonds. The first-order valence-corrected chi connectivity index (χ1v) is 9.40. The van der Waals surface area contributed by atoms with Crippen molar-refractivity contribution in [1.29, 1.82) is 0 Å². The minimum atomic E-state index is 0.0675. The molecule has 3 nitrogen and oxygen atoms in total. The van der Waals surface area contributed by atoms with Gasteiger partial charge in [0.15, 0.2) is 0 Å². The third-order valence-electron chi connectivity index (χ3n) is 5.35. The average Bonchev–Trinajstić information content (AvgIpc) is 2.64. The molecule has 1 atom stereocenters. The van der Waals surface area contributed by atoms with E-state index in [1.165, 1.54) is 18.4 Å². The van der Waals surface area contributed by atoms with E-state index in [1.54, 1.807) is 0 Å². The highest BCUT2D eigenvalue weighted by atomic mass is 16.5. The monoisotopic (exact) mass is 339 g/mol. The van der Waals surface area contributed by atoms with Crippen LogP contribution >= 0.6 is 0 Å². The molecule has 1 heterocycles. The van der Waals surface area contributed by atoms with Crippen LogP contribution in [0.1, 0.15) is 61.3 Å². The highest BCUT2D eigenvalue weighted by Crippen LogP contribution is 2.34. The molecule has 0 saturated heterocycles. The summed E-state index contributed by atoms with van der Waals surface area (Å²) >= 11 is 0. The van der Waals surface area contributed by atoms with Crippen molar-refractivity contribution in [3.05, 3.63) is 69.6 Å². The van der Waals surface area contributed by atoms with E-state index in [0.29, 0.717) is 18.6 Å². The van der Waals surface area contributed by atoms with Crippen LogP contribution in [0.25, 0.3) is 0 Å². The van der Waals surface area contributed by atoms with E-state index in [-0.39, 0.29) is 11.6 Å². The molecule has 1 aromatic heterocycles. The van der Waals surface area contributed by atoms with Gasteiger partial charge in [0.1, 0.15) is 0 Å². The molecular weight excluding hydrogens is 310 g/mol. The van der Waals surface area contributed by atoms with Crippen LogP contribution in [-0.4, -0.2) is 17.3 Å². The SMILES string of the molecule is Cc1cc(C)c(=O)n([C@@H](C)COC2CCC(c3ccccc3)CC2)c1. The van der Waals surface area contributed by atoms with Crippen LogP contribution in [0.15, 0.2) is 47.4 Å². The summed E-state index contributed by atoms with van der Waals surface area (Å²) in [6.45, 7) is 6.57. The van der Waals surface area contributed by atoms with Gasteiger partial charge in [0.05, 0.1) is 18.8 Å². The maximum Gasteiger partial charge on any atom is 0.253 e. The summed E-state index contributed by atoms with van der Waals surface area (Å²) in [6.07, 6.45) is 6.85. The van der Waals surface area contributed by atoms with Crippen LogP contribution in [0, 0.1) is 13.8 Å². The van der Waals surface area contributed by atoms with Crippen molar-refractivity contribution in [2.75, 3.05) is 6.61 Å². The van der Waals surface area contributed by atoms with Crippen molar-refractivity contribution >= 4 is 0 Å². The van der Waals surface area contributed by atoms with Gasteiger partial charge < -0.3 is 9.30 Å². The van der Waals surface area contributed by atoms with Crippen LogP contribution in [0.2, 0.25) is 0 Å². The zero-order chi connectivity index (χ0) is 17.8. The Morgan fingerprint density at radius 1 is 1.12 bits per heavy atom. The van der Waals surface area contributed by atoms with Gasteiger partial charge in [-0.2, -0.15) is 0 Å². The second-order valence-corrected chi connectivity index (χ2v) is 7.48. The van der Waals surface area contributed by atoms with Gasteiger partial charge in [0.25, 0.3) is 5.56 Å². The summed E-state index contributed by atoms with van der Waals surface area (Å²) in [5.74, 6) is 0.667. The molecule has 0 bridgehead atoms. The fraction of sp³-hybridized carbons (Fsp3) is 0.500. The Labute approximate surface area is 150 Å². The lowest BCUT2D eigenvalue weighted by molar-refractivity contribution is 0.00927. The third-order valence-corrected chi connectivity index (χ3v) is 5.35. The molecular formula is C22H29NO2. The number of aryl methyl sites for hydroxylation is 2. The first-order valence-electron chi connectivity index (χ1n) is 9.40. The summed E-state index contributed by atoms with van der Waals surface area (Å²) < 4.78 is 7.98. The Kier molecular flexibility index (Phi) is 5.74. The van der Waals surface area contributed by atoms with Gasteiger partial charge in [0.2, 0.25) is 0 Å². The molecule has 0 radical (unpaired) electrons. The molecule has 1 aromatic carbocycles. The zero-order valence-corrected chi connectivity index (χ0v) is 15.6. The predicted molar refractivity (Wildman–Crippen MR) is 102 cm³/mol. The normalized spacial score (nSPS) is 21.9. The van der Waals surface area contributed by atoms with E-state index in [0.717, 1.165) is 24.0 Å². The highest BCUT2D eigenvalue weighted by molar-refractivity contribution is 5.20. The number of pyridine rings is 1. The lowest BCUT2D eigenvalue weighted by Crippen LogP contribution is -2.29. The Bertz CT molecular complexity index is 742. The van der Waals surface area contributed by atoms with E-state index in [1.807, 2.05) is 30.7 Å². The maximum atomic E-state index is 12.3. The average molecular weight is 339 g/mol. The van der Waals surface area contributed by atoms with E-state index in [9.17, 15) is 4.79 Å². The van der Waals surface area contributed by atoms with E-state index < -0.39 is 0 Å². The van der Waals surface area contributed by atoms with Crippen molar-refractivity contribution < 1.29 is 4.74 Å². The summed E-state index contributed by atoms with van der Waals surface area (Å²) in [7, 11) is 0. The van der Waals surface area contributed by atoms with Crippen LogP contribution in [0.5, 0.6) is 0 Å². The molecule has 1 fully saturated rings. The molecule has 2 aromatic rings. The van der Waals surface area contributed by atoms with Crippen LogP contribution < -0.4 is 5.56 Å². The molecule has 0 unspecified atom stereocenters. The summed E-state index contributed by atoms with van der Waals surface area (Å²) in [5, 5.41) is 0. The number of nitrogens with zero attached hydrogens (tertiary/aromatic N) is 1. The molecule has 3 heteroatoms. The Balaban J connectivity index is 1.53. The number of hydrogen-bond acceptors (Lipinski definition) is 2. The minimum absolute atomic E-state index is 0.0675. The molecule has 1 aliphatic carbocycles. The molecule has 0 spiro atoms. The van der Waals surface area contributed by atoms with Gasteiger partial charge in [-0.15, -0.1) is 0 Å². The maximum absolute atomic E-state index is 12.3. The van der Waals surface area contributed by atoms with Crippen molar-refractivity contribution in [3.63, 3.8) is 0 Å². The molecule has 134 valence electrons.